The summed E-state index contributed by atoms with van der Waals surface area (Å²) < 4.78 is 0. The monoisotopic (exact) mass is 500 g/mol. The number of rotatable bonds is 9. The maximum atomic E-state index is 12.6. The summed E-state index contributed by atoms with van der Waals surface area (Å²) in [5, 5.41) is 0. The van der Waals surface area contributed by atoms with Crippen LogP contribution in [-0.2, 0) is 0 Å². The summed E-state index contributed by atoms with van der Waals surface area (Å²) in [6, 6.07) is 31.1. The van der Waals surface area contributed by atoms with Crippen LogP contribution in [0.15, 0.2) is 109 Å². The lowest BCUT2D eigenvalue weighted by molar-refractivity contribution is 0.103. The van der Waals surface area contributed by atoms with Crippen molar-refractivity contribution in [3.8, 4) is 11.1 Å². The first-order valence-corrected chi connectivity index (χ1v) is 12.5. The molecule has 4 nitrogen and oxygen atoms in total. The number of ketones is 2. The van der Waals surface area contributed by atoms with Gasteiger partial charge in [-0.25, -0.2) is 0 Å². The van der Waals surface area contributed by atoms with Crippen molar-refractivity contribution in [2.24, 2.45) is 0 Å². The van der Waals surface area contributed by atoms with Gasteiger partial charge in [-0.3, -0.25) is 9.59 Å². The minimum atomic E-state index is -0.0441. The van der Waals surface area contributed by atoms with E-state index in [0.29, 0.717) is 11.1 Å². The van der Waals surface area contributed by atoms with Gasteiger partial charge in [0.2, 0.25) is 0 Å². The van der Waals surface area contributed by atoms with Crippen molar-refractivity contribution in [3.63, 3.8) is 0 Å². The zero-order chi connectivity index (χ0) is 27.1. The van der Waals surface area contributed by atoms with E-state index in [1.54, 1.807) is 12.2 Å². The molecule has 4 aromatic carbocycles. The van der Waals surface area contributed by atoms with E-state index in [1.807, 2.05) is 147 Å². The molecule has 0 spiro atoms. The number of nitrogens with zero attached hydrogens (tertiary/aromatic N) is 2. The lowest BCUT2D eigenvalue weighted by atomic mass is 10.00. The first kappa shape index (κ1) is 26.4. The second-order valence-corrected chi connectivity index (χ2v) is 9.52. The largest absolute Gasteiger partial charge is 0.378 e. The summed E-state index contributed by atoms with van der Waals surface area (Å²) in [6.45, 7) is 0. The molecule has 0 amide bonds. The minimum Gasteiger partial charge on any atom is -0.378 e. The molecular formula is C34H32N2O2. The molecule has 190 valence electrons. The topological polar surface area (TPSA) is 40.6 Å². The molecule has 4 rings (SSSR count). The first-order chi connectivity index (χ1) is 18.3. The summed E-state index contributed by atoms with van der Waals surface area (Å²) in [5.74, 6) is -0.0883. The van der Waals surface area contributed by atoms with E-state index in [0.717, 1.165) is 33.6 Å². The summed E-state index contributed by atoms with van der Waals surface area (Å²) >= 11 is 0. The van der Waals surface area contributed by atoms with Gasteiger partial charge in [0, 0.05) is 50.7 Å². The van der Waals surface area contributed by atoms with Crippen LogP contribution in [0, 0.1) is 0 Å². The molecule has 4 aromatic rings. The van der Waals surface area contributed by atoms with Gasteiger partial charge >= 0.3 is 0 Å². The van der Waals surface area contributed by atoms with Crippen LogP contribution >= 0.6 is 0 Å². The molecule has 38 heavy (non-hydrogen) atoms. The molecule has 0 atom stereocenters. The molecule has 0 aromatic heterocycles. The quantitative estimate of drug-likeness (QED) is 0.179. The number of anilines is 2. The first-order valence-electron chi connectivity index (χ1n) is 12.5. The number of carbonyl (C=O) groups excluding carboxylic acids is 2. The number of hydrogen-bond donors (Lipinski definition) is 0. The van der Waals surface area contributed by atoms with E-state index in [-0.39, 0.29) is 11.6 Å². The lowest BCUT2D eigenvalue weighted by Gasteiger charge is -2.11. The Labute approximate surface area is 225 Å². The molecule has 0 aliphatic rings. The number of carbonyl (C=O) groups is 2. The summed E-state index contributed by atoms with van der Waals surface area (Å²) in [4.78, 5) is 29.3. The van der Waals surface area contributed by atoms with Crippen LogP contribution in [0.1, 0.15) is 31.8 Å². The van der Waals surface area contributed by atoms with Gasteiger partial charge in [-0.1, -0.05) is 84.9 Å². The number of allylic oxidation sites excluding steroid dienone is 2. The molecular weight excluding hydrogens is 468 g/mol. The highest BCUT2D eigenvalue weighted by Gasteiger charge is 2.06. The second kappa shape index (κ2) is 12.0. The Balaban J connectivity index is 1.37. The zero-order valence-electron chi connectivity index (χ0n) is 22.3. The highest BCUT2D eigenvalue weighted by atomic mass is 16.1. The van der Waals surface area contributed by atoms with Crippen LogP contribution in [0.5, 0.6) is 0 Å². The van der Waals surface area contributed by atoms with Crippen molar-refractivity contribution in [2.45, 2.75) is 0 Å². The SMILES string of the molecule is CN(C)c1ccc(/C=C/C(=O)c2ccc(-c3ccc(C(=O)/C=C/c4ccc(N(C)C)cc4)cc3)cc2)cc1. The molecule has 0 saturated heterocycles. The van der Waals surface area contributed by atoms with E-state index in [2.05, 4.69) is 0 Å². The summed E-state index contributed by atoms with van der Waals surface area (Å²) in [5.41, 5.74) is 7.42. The minimum absolute atomic E-state index is 0.0441. The fraction of sp³-hybridized carbons (Fsp3) is 0.118. The van der Waals surface area contributed by atoms with Gasteiger partial charge in [0.25, 0.3) is 0 Å². The Kier molecular flexibility index (Phi) is 8.34. The summed E-state index contributed by atoms with van der Waals surface area (Å²) in [6.07, 6.45) is 6.87. The fourth-order valence-corrected chi connectivity index (χ4v) is 3.96. The molecule has 0 N–H and O–H groups in total. The van der Waals surface area contributed by atoms with Crippen LogP contribution in [0.2, 0.25) is 0 Å². The highest BCUT2D eigenvalue weighted by molar-refractivity contribution is 6.07. The Morgan fingerprint density at radius 2 is 0.789 bits per heavy atom. The van der Waals surface area contributed by atoms with E-state index < -0.39 is 0 Å². The molecule has 0 radical (unpaired) electrons. The van der Waals surface area contributed by atoms with Crippen LogP contribution in [-0.4, -0.2) is 39.8 Å². The molecule has 0 bridgehead atoms. The summed E-state index contributed by atoms with van der Waals surface area (Å²) in [7, 11) is 7.99. The molecule has 0 unspecified atom stereocenters. The van der Waals surface area contributed by atoms with Gasteiger partial charge in [-0.15, -0.1) is 0 Å². The second-order valence-electron chi connectivity index (χ2n) is 9.52. The van der Waals surface area contributed by atoms with E-state index in [1.165, 1.54) is 0 Å². The van der Waals surface area contributed by atoms with Gasteiger partial charge < -0.3 is 9.80 Å². The standard InChI is InChI=1S/C34H32N2O2/c1-35(2)31-19-5-25(6-20-31)9-23-33(37)29-15-11-27(12-16-29)28-13-17-30(18-14-28)34(38)24-10-26-7-21-32(22-8-26)36(3)4/h5-24H,1-4H3/b23-9+,24-10+. The van der Waals surface area contributed by atoms with E-state index in [9.17, 15) is 9.59 Å². The van der Waals surface area contributed by atoms with Crippen molar-refractivity contribution in [1.82, 2.24) is 0 Å². The van der Waals surface area contributed by atoms with E-state index >= 15 is 0 Å². The molecule has 0 fully saturated rings. The van der Waals surface area contributed by atoms with Gasteiger partial charge in [-0.05, 0) is 58.7 Å². The van der Waals surface area contributed by atoms with Gasteiger partial charge in [0.05, 0.1) is 0 Å². The maximum Gasteiger partial charge on any atom is 0.185 e. The third-order valence-corrected chi connectivity index (χ3v) is 6.35. The smallest absolute Gasteiger partial charge is 0.185 e. The van der Waals surface area contributed by atoms with Crippen molar-refractivity contribution in [3.05, 3.63) is 131 Å². The van der Waals surface area contributed by atoms with Crippen LogP contribution < -0.4 is 9.80 Å². The zero-order valence-corrected chi connectivity index (χ0v) is 22.3. The predicted octanol–water partition coefficient (Wildman–Crippen LogP) is 7.28. The van der Waals surface area contributed by atoms with Crippen molar-refractivity contribution in [2.75, 3.05) is 38.0 Å². The van der Waals surface area contributed by atoms with Gasteiger partial charge in [0.15, 0.2) is 11.6 Å². The highest BCUT2D eigenvalue weighted by Crippen LogP contribution is 2.22. The van der Waals surface area contributed by atoms with Crippen LogP contribution in [0.3, 0.4) is 0 Å². The number of hydrogen-bond acceptors (Lipinski definition) is 4. The average Bonchev–Trinajstić information content (AvgIpc) is 2.95. The van der Waals surface area contributed by atoms with Gasteiger partial charge in [0.1, 0.15) is 0 Å². The Morgan fingerprint density at radius 3 is 1.08 bits per heavy atom. The lowest BCUT2D eigenvalue weighted by Crippen LogP contribution is -2.07. The van der Waals surface area contributed by atoms with E-state index in [4.69, 9.17) is 0 Å². The van der Waals surface area contributed by atoms with Crippen molar-refractivity contribution < 1.29 is 9.59 Å². The maximum absolute atomic E-state index is 12.6. The molecule has 0 heterocycles. The normalized spacial score (nSPS) is 11.2. The van der Waals surface area contributed by atoms with Crippen LogP contribution in [0.4, 0.5) is 11.4 Å². The third-order valence-electron chi connectivity index (χ3n) is 6.35. The fourth-order valence-electron chi connectivity index (χ4n) is 3.96. The predicted molar refractivity (Wildman–Crippen MR) is 160 cm³/mol. The average molecular weight is 501 g/mol. The Morgan fingerprint density at radius 1 is 0.474 bits per heavy atom. The molecule has 4 heteroatoms. The molecule has 0 aliphatic carbocycles. The molecule has 0 aliphatic heterocycles. The van der Waals surface area contributed by atoms with Crippen LogP contribution in [0.25, 0.3) is 23.3 Å². The van der Waals surface area contributed by atoms with Gasteiger partial charge in [-0.2, -0.15) is 0 Å². The molecule has 0 saturated carbocycles. The third kappa shape index (κ3) is 6.74. The number of benzene rings is 4. The van der Waals surface area contributed by atoms with Crippen molar-refractivity contribution >= 4 is 35.1 Å². The van der Waals surface area contributed by atoms with Crippen molar-refractivity contribution in [1.29, 1.82) is 0 Å². The Hall–Kier alpha value is -4.70. The Bertz CT molecular complexity index is 1330.